The van der Waals surface area contributed by atoms with E-state index in [2.05, 4.69) is 20.2 Å². The third kappa shape index (κ3) is 6.73. The molecule has 1 aromatic rings. The van der Waals surface area contributed by atoms with Crippen molar-refractivity contribution in [2.75, 3.05) is 26.2 Å². The van der Waals surface area contributed by atoms with Gasteiger partial charge >= 0.3 is 0 Å². The highest BCUT2D eigenvalue weighted by atomic mass is 16.5. The Labute approximate surface area is 126 Å². The van der Waals surface area contributed by atoms with Crippen molar-refractivity contribution in [1.29, 1.82) is 0 Å². The van der Waals surface area contributed by atoms with Gasteiger partial charge in [-0.15, -0.1) is 0 Å². The highest BCUT2D eigenvalue weighted by Crippen LogP contribution is 2.07. The Kier molecular flexibility index (Phi) is 7.24. The van der Waals surface area contributed by atoms with Crippen LogP contribution in [0.1, 0.15) is 32.1 Å². The lowest BCUT2D eigenvalue weighted by molar-refractivity contribution is -0.122. The predicted molar refractivity (Wildman–Crippen MR) is 80.9 cm³/mol. The van der Waals surface area contributed by atoms with Crippen molar-refractivity contribution in [3.8, 4) is 0 Å². The summed E-state index contributed by atoms with van der Waals surface area (Å²) in [7, 11) is 0. The Morgan fingerprint density at radius 2 is 2.24 bits per heavy atom. The lowest BCUT2D eigenvalue weighted by Gasteiger charge is -2.22. The van der Waals surface area contributed by atoms with E-state index >= 15 is 0 Å². The highest BCUT2D eigenvalue weighted by molar-refractivity contribution is 5.75. The predicted octanol–water partition coefficient (Wildman–Crippen LogP) is 0.938. The van der Waals surface area contributed by atoms with Gasteiger partial charge in [-0.3, -0.25) is 4.79 Å². The molecular weight excluding hydrogens is 268 g/mol. The van der Waals surface area contributed by atoms with Crippen LogP contribution in [0.4, 0.5) is 0 Å². The summed E-state index contributed by atoms with van der Waals surface area (Å²) in [4.78, 5) is 15.7. The minimum atomic E-state index is 0.0894. The summed E-state index contributed by atoms with van der Waals surface area (Å²) in [6.45, 7) is 4.27. The van der Waals surface area contributed by atoms with Crippen LogP contribution in [-0.4, -0.2) is 47.8 Å². The number of rotatable bonds is 9. The molecule has 2 rings (SSSR count). The van der Waals surface area contributed by atoms with Gasteiger partial charge in [-0.2, -0.15) is 0 Å². The third-order valence-electron chi connectivity index (χ3n) is 3.69. The van der Waals surface area contributed by atoms with Crippen molar-refractivity contribution in [2.24, 2.45) is 0 Å². The summed E-state index contributed by atoms with van der Waals surface area (Å²) in [5.41, 5.74) is 0. The fourth-order valence-corrected chi connectivity index (χ4v) is 2.43. The van der Waals surface area contributed by atoms with Gasteiger partial charge < -0.3 is 19.9 Å². The van der Waals surface area contributed by atoms with E-state index in [1.807, 2.05) is 12.5 Å². The van der Waals surface area contributed by atoms with Crippen LogP contribution >= 0.6 is 0 Å². The summed E-state index contributed by atoms with van der Waals surface area (Å²) in [5, 5.41) is 6.24. The molecule has 1 fully saturated rings. The molecule has 0 atom stereocenters. The van der Waals surface area contributed by atoms with Crippen LogP contribution < -0.4 is 10.6 Å². The first-order valence-corrected chi connectivity index (χ1v) is 7.89. The number of aromatic nitrogens is 2. The van der Waals surface area contributed by atoms with E-state index in [1.54, 1.807) is 6.20 Å². The minimum absolute atomic E-state index is 0.0894. The lowest BCUT2D eigenvalue weighted by atomic mass is 10.1. The van der Waals surface area contributed by atoms with E-state index in [1.165, 1.54) is 0 Å². The molecule has 0 unspecified atom stereocenters. The van der Waals surface area contributed by atoms with Crippen LogP contribution in [0.15, 0.2) is 18.7 Å². The number of amides is 1. The van der Waals surface area contributed by atoms with Gasteiger partial charge in [-0.25, -0.2) is 4.98 Å². The summed E-state index contributed by atoms with van der Waals surface area (Å²) in [6.07, 6.45) is 10.5. The van der Waals surface area contributed by atoms with Gasteiger partial charge in [0.2, 0.25) is 5.91 Å². The largest absolute Gasteiger partial charge is 0.378 e. The van der Waals surface area contributed by atoms with Gasteiger partial charge in [0, 0.05) is 31.9 Å². The van der Waals surface area contributed by atoms with Crippen molar-refractivity contribution in [1.82, 2.24) is 20.2 Å². The molecule has 2 N–H and O–H groups in total. The first-order valence-electron chi connectivity index (χ1n) is 7.89. The number of piperidine rings is 1. The zero-order valence-corrected chi connectivity index (χ0v) is 12.6. The minimum Gasteiger partial charge on any atom is -0.378 e. The molecule has 2 heterocycles. The van der Waals surface area contributed by atoms with E-state index in [4.69, 9.17) is 4.74 Å². The SMILES string of the molecule is O=C(CCOC1CCNCC1)NCCCCn1ccnc1. The van der Waals surface area contributed by atoms with Crippen molar-refractivity contribution < 1.29 is 9.53 Å². The summed E-state index contributed by atoms with van der Waals surface area (Å²) >= 11 is 0. The smallest absolute Gasteiger partial charge is 0.222 e. The number of imidazole rings is 1. The van der Waals surface area contributed by atoms with E-state index in [9.17, 15) is 4.79 Å². The molecule has 0 bridgehead atoms. The van der Waals surface area contributed by atoms with Crippen molar-refractivity contribution in [3.63, 3.8) is 0 Å². The average molecular weight is 294 g/mol. The molecule has 1 aliphatic rings. The summed E-state index contributed by atoms with van der Waals surface area (Å²) in [5.74, 6) is 0.0894. The zero-order chi connectivity index (χ0) is 14.8. The quantitative estimate of drug-likeness (QED) is 0.665. The maximum absolute atomic E-state index is 11.7. The van der Waals surface area contributed by atoms with Gasteiger partial charge in [0.15, 0.2) is 0 Å². The van der Waals surface area contributed by atoms with Crippen molar-refractivity contribution in [2.45, 2.75) is 44.8 Å². The molecular formula is C15H26N4O2. The Balaban J connectivity index is 1.42. The van der Waals surface area contributed by atoms with Crippen LogP contribution in [0.5, 0.6) is 0 Å². The second kappa shape index (κ2) is 9.52. The van der Waals surface area contributed by atoms with E-state index in [-0.39, 0.29) is 5.91 Å². The Bertz CT molecular complexity index is 388. The monoisotopic (exact) mass is 294 g/mol. The van der Waals surface area contributed by atoms with Crippen LogP contribution in [0.2, 0.25) is 0 Å². The maximum Gasteiger partial charge on any atom is 0.222 e. The Hall–Kier alpha value is -1.40. The standard InChI is InChI=1S/C15H26N4O2/c20-15(5-12-21-14-3-7-16-8-4-14)18-6-1-2-10-19-11-9-17-13-19/h9,11,13-14,16H,1-8,10,12H2,(H,18,20). The molecule has 1 saturated heterocycles. The first kappa shape index (κ1) is 16.0. The van der Waals surface area contributed by atoms with E-state index < -0.39 is 0 Å². The topological polar surface area (TPSA) is 68.2 Å². The number of hydrogen-bond donors (Lipinski definition) is 2. The molecule has 0 spiro atoms. The average Bonchev–Trinajstić information content (AvgIpc) is 3.01. The van der Waals surface area contributed by atoms with Crippen LogP contribution in [0.25, 0.3) is 0 Å². The van der Waals surface area contributed by atoms with Crippen LogP contribution in [-0.2, 0) is 16.1 Å². The second-order valence-electron chi connectivity index (χ2n) is 5.43. The third-order valence-corrected chi connectivity index (χ3v) is 3.69. The number of nitrogens with zero attached hydrogens (tertiary/aromatic N) is 2. The molecule has 0 radical (unpaired) electrons. The number of carbonyl (C=O) groups excluding carboxylic acids is 1. The molecule has 0 saturated carbocycles. The first-order chi connectivity index (χ1) is 10.3. The highest BCUT2D eigenvalue weighted by Gasteiger charge is 2.13. The van der Waals surface area contributed by atoms with Gasteiger partial charge in [0.1, 0.15) is 0 Å². The number of nitrogens with one attached hydrogen (secondary N) is 2. The van der Waals surface area contributed by atoms with Gasteiger partial charge in [0.05, 0.1) is 19.0 Å². The summed E-state index contributed by atoms with van der Waals surface area (Å²) in [6, 6.07) is 0. The van der Waals surface area contributed by atoms with Crippen LogP contribution in [0, 0.1) is 0 Å². The number of hydrogen-bond acceptors (Lipinski definition) is 4. The molecule has 0 aliphatic carbocycles. The van der Waals surface area contributed by atoms with Crippen molar-refractivity contribution in [3.05, 3.63) is 18.7 Å². The van der Waals surface area contributed by atoms with Crippen LogP contribution in [0.3, 0.4) is 0 Å². The zero-order valence-electron chi connectivity index (χ0n) is 12.6. The molecule has 0 aromatic carbocycles. The molecule has 1 amide bonds. The number of aryl methyl sites for hydroxylation is 1. The maximum atomic E-state index is 11.7. The number of carbonyl (C=O) groups is 1. The fraction of sp³-hybridized carbons (Fsp3) is 0.733. The Morgan fingerprint density at radius 1 is 1.38 bits per heavy atom. The number of unbranched alkanes of at least 4 members (excludes halogenated alkanes) is 1. The molecule has 118 valence electrons. The fourth-order valence-electron chi connectivity index (χ4n) is 2.43. The van der Waals surface area contributed by atoms with Gasteiger partial charge in [-0.1, -0.05) is 0 Å². The normalized spacial score (nSPS) is 16.0. The second-order valence-corrected chi connectivity index (χ2v) is 5.43. The Morgan fingerprint density at radius 3 is 3.00 bits per heavy atom. The van der Waals surface area contributed by atoms with E-state index in [0.29, 0.717) is 19.1 Å². The van der Waals surface area contributed by atoms with E-state index in [0.717, 1.165) is 51.9 Å². The van der Waals surface area contributed by atoms with Gasteiger partial charge in [0.25, 0.3) is 0 Å². The van der Waals surface area contributed by atoms with Crippen molar-refractivity contribution >= 4 is 5.91 Å². The molecule has 6 heteroatoms. The molecule has 21 heavy (non-hydrogen) atoms. The lowest BCUT2D eigenvalue weighted by Crippen LogP contribution is -2.33. The summed E-state index contributed by atoms with van der Waals surface area (Å²) < 4.78 is 7.77. The van der Waals surface area contributed by atoms with Gasteiger partial charge in [-0.05, 0) is 38.8 Å². The molecule has 6 nitrogen and oxygen atoms in total. The number of ether oxygens (including phenoxy) is 1. The molecule has 1 aromatic heterocycles. The molecule has 1 aliphatic heterocycles.